The van der Waals surface area contributed by atoms with Gasteiger partial charge >= 0.3 is 0 Å². The highest BCUT2D eigenvalue weighted by atomic mass is 16.5. The molecule has 2 saturated heterocycles. The van der Waals surface area contributed by atoms with Gasteiger partial charge in [-0.05, 0) is 30.2 Å². The molecule has 8 heteroatoms. The van der Waals surface area contributed by atoms with Crippen molar-refractivity contribution in [3.63, 3.8) is 0 Å². The Bertz CT molecular complexity index is 969. The molecule has 4 rings (SSSR count). The van der Waals surface area contributed by atoms with Crippen LogP contribution in [0.15, 0.2) is 42.5 Å². The Morgan fingerprint density at radius 3 is 2.58 bits per heavy atom. The average molecular weight is 456 g/mol. The second-order valence-corrected chi connectivity index (χ2v) is 8.55. The van der Waals surface area contributed by atoms with E-state index in [1.165, 1.54) is 0 Å². The molecular formula is C25H33N3O5. The number of likely N-dealkylation sites (tertiary alicyclic amines) is 1. The third-order valence-electron chi connectivity index (χ3n) is 6.56. The molecule has 2 heterocycles. The predicted molar refractivity (Wildman–Crippen MR) is 124 cm³/mol. The SMILES string of the molecule is CCCCCOc1ccc(C2C3C(NNC3c3ccccc3O)C(=O)N2CCO)cc1OC. The van der Waals surface area contributed by atoms with E-state index in [9.17, 15) is 15.0 Å². The minimum Gasteiger partial charge on any atom is -0.508 e. The third-order valence-corrected chi connectivity index (χ3v) is 6.56. The molecule has 2 aromatic carbocycles. The highest BCUT2D eigenvalue weighted by Gasteiger charge is 2.55. The summed E-state index contributed by atoms with van der Waals surface area (Å²) in [7, 11) is 1.61. The van der Waals surface area contributed by atoms with Crippen LogP contribution in [0.25, 0.3) is 0 Å². The van der Waals surface area contributed by atoms with E-state index < -0.39 is 6.04 Å². The quantitative estimate of drug-likeness (QED) is 0.409. The number of unbranched alkanes of at least 4 members (excludes halogenated alkanes) is 2. The zero-order valence-electron chi connectivity index (χ0n) is 19.2. The number of hydrogen-bond acceptors (Lipinski definition) is 7. The molecule has 0 bridgehead atoms. The molecule has 0 radical (unpaired) electrons. The van der Waals surface area contributed by atoms with Crippen molar-refractivity contribution in [1.82, 2.24) is 15.8 Å². The van der Waals surface area contributed by atoms with Gasteiger partial charge in [0.2, 0.25) is 5.91 Å². The van der Waals surface area contributed by atoms with Gasteiger partial charge in [-0.3, -0.25) is 4.79 Å². The number of carbonyl (C=O) groups is 1. The number of aliphatic hydroxyl groups excluding tert-OH is 1. The van der Waals surface area contributed by atoms with Crippen molar-refractivity contribution >= 4 is 5.91 Å². The highest BCUT2D eigenvalue weighted by molar-refractivity contribution is 5.86. The first-order valence-corrected chi connectivity index (χ1v) is 11.6. The van der Waals surface area contributed by atoms with Crippen LogP contribution >= 0.6 is 0 Å². The van der Waals surface area contributed by atoms with Gasteiger partial charge < -0.3 is 24.6 Å². The van der Waals surface area contributed by atoms with E-state index >= 15 is 0 Å². The number of methoxy groups -OCH3 is 1. The van der Waals surface area contributed by atoms with E-state index in [1.54, 1.807) is 24.1 Å². The van der Waals surface area contributed by atoms with Crippen molar-refractivity contribution < 1.29 is 24.5 Å². The number of aliphatic hydroxyl groups is 1. The number of amides is 1. The molecule has 4 N–H and O–H groups in total. The number of carbonyl (C=O) groups excluding carboxylic acids is 1. The maximum absolute atomic E-state index is 13.2. The number of ether oxygens (including phenoxy) is 2. The van der Waals surface area contributed by atoms with E-state index in [1.807, 2.05) is 30.3 Å². The minimum atomic E-state index is -0.470. The highest BCUT2D eigenvalue weighted by Crippen LogP contribution is 2.49. The van der Waals surface area contributed by atoms with Gasteiger partial charge in [0.05, 0.1) is 32.4 Å². The lowest BCUT2D eigenvalue weighted by atomic mass is 9.83. The summed E-state index contributed by atoms with van der Waals surface area (Å²) in [5, 5.41) is 20.1. The number of phenolic OH excluding ortho intramolecular Hbond substituents is 1. The van der Waals surface area contributed by atoms with Crippen LogP contribution in [0.4, 0.5) is 0 Å². The van der Waals surface area contributed by atoms with Crippen LogP contribution < -0.4 is 20.3 Å². The van der Waals surface area contributed by atoms with Gasteiger partial charge in [-0.2, -0.15) is 0 Å². The van der Waals surface area contributed by atoms with Gasteiger partial charge in [0.15, 0.2) is 11.5 Å². The van der Waals surface area contributed by atoms with E-state index in [0.717, 1.165) is 30.4 Å². The first kappa shape index (κ1) is 23.4. The van der Waals surface area contributed by atoms with Crippen LogP contribution in [0.3, 0.4) is 0 Å². The molecule has 0 aliphatic carbocycles. The van der Waals surface area contributed by atoms with Gasteiger partial charge in [0.25, 0.3) is 0 Å². The maximum Gasteiger partial charge on any atom is 0.242 e. The van der Waals surface area contributed by atoms with E-state index in [4.69, 9.17) is 9.47 Å². The Morgan fingerprint density at radius 1 is 1.06 bits per heavy atom. The summed E-state index contributed by atoms with van der Waals surface area (Å²) in [6.45, 7) is 2.87. The fourth-order valence-corrected chi connectivity index (χ4v) is 5.00. The number of para-hydroxylation sites is 1. The summed E-state index contributed by atoms with van der Waals surface area (Å²) in [5.74, 6) is 1.19. The molecule has 0 spiro atoms. The summed E-state index contributed by atoms with van der Waals surface area (Å²) in [4.78, 5) is 15.0. The van der Waals surface area contributed by atoms with Crippen LogP contribution in [0.5, 0.6) is 17.2 Å². The van der Waals surface area contributed by atoms with Gasteiger partial charge in [0.1, 0.15) is 11.8 Å². The maximum atomic E-state index is 13.2. The zero-order valence-corrected chi connectivity index (χ0v) is 19.2. The zero-order chi connectivity index (χ0) is 23.4. The van der Waals surface area contributed by atoms with Crippen molar-refractivity contribution in [3.05, 3.63) is 53.6 Å². The number of nitrogens with one attached hydrogen (secondary N) is 2. The smallest absolute Gasteiger partial charge is 0.242 e. The molecule has 33 heavy (non-hydrogen) atoms. The molecule has 1 amide bonds. The van der Waals surface area contributed by atoms with Gasteiger partial charge in [-0.15, -0.1) is 0 Å². The molecule has 4 unspecified atom stereocenters. The van der Waals surface area contributed by atoms with Gasteiger partial charge in [-0.1, -0.05) is 44.0 Å². The first-order chi connectivity index (χ1) is 16.1. The molecule has 4 atom stereocenters. The standard InChI is InChI=1S/C25H33N3O5/c1-3-4-7-14-33-19-11-10-16(15-20(19)32-2)24-21-22(17-8-5-6-9-18(17)30)26-27-23(21)25(31)28(24)12-13-29/h5-6,8-11,15,21-24,26-27,29-30H,3-4,7,12-14H2,1-2H3. The van der Waals surface area contributed by atoms with Crippen LogP contribution in [0, 0.1) is 5.92 Å². The molecule has 178 valence electrons. The lowest BCUT2D eigenvalue weighted by Gasteiger charge is -2.31. The second-order valence-electron chi connectivity index (χ2n) is 8.55. The average Bonchev–Trinajstić information content (AvgIpc) is 3.37. The van der Waals surface area contributed by atoms with Crippen molar-refractivity contribution in [2.75, 3.05) is 26.9 Å². The molecule has 0 saturated carbocycles. The lowest BCUT2D eigenvalue weighted by Crippen LogP contribution is -2.42. The van der Waals surface area contributed by atoms with Crippen LogP contribution in [-0.2, 0) is 4.79 Å². The number of benzene rings is 2. The summed E-state index contributed by atoms with van der Waals surface area (Å²) in [6.07, 6.45) is 3.21. The summed E-state index contributed by atoms with van der Waals surface area (Å²) < 4.78 is 11.6. The second kappa shape index (κ2) is 10.4. The van der Waals surface area contributed by atoms with Crippen molar-refractivity contribution in [1.29, 1.82) is 0 Å². The molecule has 8 nitrogen and oxygen atoms in total. The van der Waals surface area contributed by atoms with E-state index in [0.29, 0.717) is 18.1 Å². The van der Waals surface area contributed by atoms with Gasteiger partial charge in [0, 0.05) is 18.0 Å². The Morgan fingerprint density at radius 2 is 1.85 bits per heavy atom. The van der Waals surface area contributed by atoms with Gasteiger partial charge in [-0.25, -0.2) is 10.9 Å². The lowest BCUT2D eigenvalue weighted by molar-refractivity contribution is -0.131. The third kappa shape index (κ3) is 4.51. The Kier molecular flexibility index (Phi) is 7.37. The van der Waals surface area contributed by atoms with Crippen LogP contribution in [0.2, 0.25) is 0 Å². The fraction of sp³-hybridized carbons (Fsp3) is 0.480. The first-order valence-electron chi connectivity index (χ1n) is 11.6. The summed E-state index contributed by atoms with van der Waals surface area (Å²) in [5.41, 5.74) is 7.96. The summed E-state index contributed by atoms with van der Waals surface area (Å²) >= 11 is 0. The number of nitrogens with zero attached hydrogens (tertiary/aromatic N) is 1. The topological polar surface area (TPSA) is 103 Å². The van der Waals surface area contributed by atoms with Crippen LogP contribution in [0.1, 0.15) is 49.4 Å². The Hall–Kier alpha value is -2.81. The molecule has 2 fully saturated rings. The van der Waals surface area contributed by atoms with Crippen molar-refractivity contribution in [2.24, 2.45) is 5.92 Å². The van der Waals surface area contributed by atoms with Crippen molar-refractivity contribution in [3.8, 4) is 17.2 Å². The van der Waals surface area contributed by atoms with E-state index in [2.05, 4.69) is 17.8 Å². The number of hydrazine groups is 1. The normalized spacial score (nSPS) is 24.2. The largest absolute Gasteiger partial charge is 0.508 e. The number of hydrogen-bond donors (Lipinski definition) is 4. The molecule has 2 aliphatic rings. The number of β-amino-alcohol motifs (C(OH)–C–C–N with tert-alkyl or cyclic N) is 1. The Labute approximate surface area is 194 Å². The fourth-order valence-electron chi connectivity index (χ4n) is 5.00. The molecule has 0 aromatic heterocycles. The summed E-state index contributed by atoms with van der Waals surface area (Å²) in [6, 6.07) is 11.9. The Balaban J connectivity index is 1.68. The monoisotopic (exact) mass is 455 g/mol. The number of rotatable bonds is 10. The van der Waals surface area contributed by atoms with Crippen molar-refractivity contribution in [2.45, 2.75) is 44.3 Å². The number of phenols is 1. The minimum absolute atomic E-state index is 0.0803. The molecular weight excluding hydrogens is 422 g/mol. The molecule has 2 aliphatic heterocycles. The van der Waals surface area contributed by atoms with E-state index in [-0.39, 0.29) is 42.8 Å². The molecule has 2 aromatic rings. The predicted octanol–water partition coefficient (Wildman–Crippen LogP) is 2.68. The number of fused-ring (bicyclic) bond motifs is 1. The van der Waals surface area contributed by atoms with Crippen LogP contribution in [-0.4, -0.2) is 53.9 Å². The number of aromatic hydroxyl groups is 1.